The van der Waals surface area contributed by atoms with E-state index in [2.05, 4.69) is 20.0 Å². The van der Waals surface area contributed by atoms with Gasteiger partial charge in [-0.2, -0.15) is 0 Å². The standard InChI is InChI=1S/C13H19N3O4/c1-13(2,3)20-12(18)16-10(11(17)19-4)5-9-6-14-8-15-7-9/h6-8,10H,5H2,1-4H3,(H,16,18)/t10-/m0/s1. The highest BCUT2D eigenvalue weighted by Gasteiger charge is 2.25. The van der Waals surface area contributed by atoms with Crippen molar-refractivity contribution < 1.29 is 19.1 Å². The molecule has 0 spiro atoms. The van der Waals surface area contributed by atoms with Crippen molar-refractivity contribution in [3.63, 3.8) is 0 Å². The van der Waals surface area contributed by atoms with E-state index in [0.29, 0.717) is 5.56 Å². The minimum atomic E-state index is -0.846. The zero-order valence-corrected chi connectivity index (χ0v) is 12.0. The number of nitrogens with one attached hydrogen (secondary N) is 1. The first-order valence-electron chi connectivity index (χ1n) is 6.13. The second-order valence-corrected chi connectivity index (χ2v) is 5.17. The third kappa shape index (κ3) is 5.64. The van der Waals surface area contributed by atoms with Crippen molar-refractivity contribution in [2.75, 3.05) is 7.11 Å². The fraction of sp³-hybridized carbons (Fsp3) is 0.538. The number of hydrogen-bond donors (Lipinski definition) is 1. The molecule has 0 radical (unpaired) electrons. The van der Waals surface area contributed by atoms with E-state index in [0.717, 1.165) is 0 Å². The van der Waals surface area contributed by atoms with Crippen LogP contribution in [-0.4, -0.2) is 40.8 Å². The van der Waals surface area contributed by atoms with Crippen molar-refractivity contribution in [2.24, 2.45) is 0 Å². The largest absolute Gasteiger partial charge is 0.467 e. The average molecular weight is 281 g/mol. The van der Waals surface area contributed by atoms with Crippen molar-refractivity contribution in [1.29, 1.82) is 0 Å². The summed E-state index contributed by atoms with van der Waals surface area (Å²) < 4.78 is 9.78. The van der Waals surface area contributed by atoms with Gasteiger partial charge in [-0.15, -0.1) is 0 Å². The number of carbonyl (C=O) groups excluding carboxylic acids is 2. The quantitative estimate of drug-likeness (QED) is 0.831. The summed E-state index contributed by atoms with van der Waals surface area (Å²) in [5, 5.41) is 2.48. The number of aromatic nitrogens is 2. The summed E-state index contributed by atoms with van der Waals surface area (Å²) in [6.07, 6.45) is 4.08. The molecule has 0 saturated carbocycles. The lowest BCUT2D eigenvalue weighted by molar-refractivity contribution is -0.143. The van der Waals surface area contributed by atoms with Crippen LogP contribution < -0.4 is 5.32 Å². The lowest BCUT2D eigenvalue weighted by atomic mass is 10.1. The molecule has 1 heterocycles. The van der Waals surface area contributed by atoms with Crippen LogP contribution in [0.4, 0.5) is 4.79 Å². The zero-order chi connectivity index (χ0) is 15.2. The second kappa shape index (κ2) is 6.83. The molecule has 1 amide bonds. The molecule has 0 aliphatic carbocycles. The summed E-state index contributed by atoms with van der Waals surface area (Å²) in [5.41, 5.74) is 0.0691. The van der Waals surface area contributed by atoms with E-state index >= 15 is 0 Å². The monoisotopic (exact) mass is 281 g/mol. The van der Waals surface area contributed by atoms with Gasteiger partial charge in [-0.05, 0) is 26.3 Å². The van der Waals surface area contributed by atoms with E-state index in [1.54, 1.807) is 33.2 Å². The molecule has 1 N–H and O–H groups in total. The van der Waals surface area contributed by atoms with Gasteiger partial charge in [0.2, 0.25) is 0 Å². The first kappa shape index (κ1) is 15.9. The Bertz CT molecular complexity index is 456. The fourth-order valence-corrected chi connectivity index (χ4v) is 1.46. The Labute approximate surface area is 117 Å². The molecule has 110 valence electrons. The molecule has 0 aliphatic rings. The third-order valence-electron chi connectivity index (χ3n) is 2.23. The molecule has 1 aromatic heterocycles. The molecule has 0 saturated heterocycles. The van der Waals surface area contributed by atoms with Crippen LogP contribution in [-0.2, 0) is 20.7 Å². The van der Waals surface area contributed by atoms with Crippen LogP contribution in [0.2, 0.25) is 0 Å². The van der Waals surface area contributed by atoms with Crippen molar-refractivity contribution >= 4 is 12.1 Å². The van der Waals surface area contributed by atoms with E-state index < -0.39 is 23.7 Å². The molecule has 1 atom stereocenters. The van der Waals surface area contributed by atoms with E-state index in [-0.39, 0.29) is 6.42 Å². The Kier molecular flexibility index (Phi) is 5.42. The number of rotatable bonds is 4. The van der Waals surface area contributed by atoms with Crippen LogP contribution in [0, 0.1) is 0 Å². The summed E-state index contributed by atoms with van der Waals surface area (Å²) in [5.74, 6) is -0.556. The molecule has 1 rings (SSSR count). The molecular formula is C13H19N3O4. The topological polar surface area (TPSA) is 90.4 Å². The van der Waals surface area contributed by atoms with Gasteiger partial charge in [-0.3, -0.25) is 0 Å². The minimum Gasteiger partial charge on any atom is -0.467 e. The molecule has 1 aromatic rings. The van der Waals surface area contributed by atoms with Crippen molar-refractivity contribution in [1.82, 2.24) is 15.3 Å². The van der Waals surface area contributed by atoms with Gasteiger partial charge < -0.3 is 14.8 Å². The van der Waals surface area contributed by atoms with Gasteiger partial charge in [0.05, 0.1) is 7.11 Å². The second-order valence-electron chi connectivity index (χ2n) is 5.17. The lowest BCUT2D eigenvalue weighted by Crippen LogP contribution is -2.45. The highest BCUT2D eigenvalue weighted by atomic mass is 16.6. The first-order valence-corrected chi connectivity index (χ1v) is 6.13. The summed E-state index contributed by atoms with van der Waals surface area (Å²) >= 11 is 0. The molecular weight excluding hydrogens is 262 g/mol. The highest BCUT2D eigenvalue weighted by molar-refractivity contribution is 5.81. The Balaban J connectivity index is 2.70. The van der Waals surface area contributed by atoms with Crippen LogP contribution in [0.5, 0.6) is 0 Å². The van der Waals surface area contributed by atoms with Crippen LogP contribution >= 0.6 is 0 Å². The minimum absolute atomic E-state index is 0.229. The van der Waals surface area contributed by atoms with Crippen LogP contribution in [0.3, 0.4) is 0 Å². The predicted octanol–water partition coefficient (Wildman–Crippen LogP) is 1.09. The summed E-state index contributed by atoms with van der Waals surface area (Å²) in [6.45, 7) is 5.22. The molecule has 0 unspecified atom stereocenters. The lowest BCUT2D eigenvalue weighted by Gasteiger charge is -2.22. The first-order chi connectivity index (χ1) is 9.31. The summed E-state index contributed by atoms with van der Waals surface area (Å²) in [6, 6.07) is -0.846. The maximum Gasteiger partial charge on any atom is 0.408 e. The summed E-state index contributed by atoms with van der Waals surface area (Å²) in [4.78, 5) is 31.1. The van der Waals surface area contributed by atoms with Gasteiger partial charge in [-0.1, -0.05) is 0 Å². The summed E-state index contributed by atoms with van der Waals surface area (Å²) in [7, 11) is 1.26. The normalized spacial score (nSPS) is 12.4. The third-order valence-corrected chi connectivity index (χ3v) is 2.23. The Morgan fingerprint density at radius 2 is 1.90 bits per heavy atom. The van der Waals surface area contributed by atoms with Gasteiger partial charge in [0.15, 0.2) is 0 Å². The van der Waals surface area contributed by atoms with E-state index in [4.69, 9.17) is 4.74 Å². The number of hydrogen-bond acceptors (Lipinski definition) is 6. The molecule has 20 heavy (non-hydrogen) atoms. The Morgan fingerprint density at radius 1 is 1.30 bits per heavy atom. The number of amides is 1. The number of carbonyl (C=O) groups is 2. The van der Waals surface area contributed by atoms with Gasteiger partial charge in [0.1, 0.15) is 18.0 Å². The zero-order valence-electron chi connectivity index (χ0n) is 12.0. The highest BCUT2D eigenvalue weighted by Crippen LogP contribution is 2.08. The number of ether oxygens (including phenoxy) is 2. The van der Waals surface area contributed by atoms with Gasteiger partial charge in [-0.25, -0.2) is 19.6 Å². The maximum atomic E-state index is 11.7. The number of esters is 1. The van der Waals surface area contributed by atoms with Gasteiger partial charge >= 0.3 is 12.1 Å². The molecule has 7 nitrogen and oxygen atoms in total. The van der Waals surface area contributed by atoms with Gasteiger partial charge in [0, 0.05) is 18.8 Å². The van der Waals surface area contributed by atoms with Crippen LogP contribution in [0.25, 0.3) is 0 Å². The number of alkyl carbamates (subject to hydrolysis) is 1. The number of methoxy groups -OCH3 is 1. The Morgan fingerprint density at radius 3 is 2.40 bits per heavy atom. The van der Waals surface area contributed by atoms with Crippen molar-refractivity contribution in [3.8, 4) is 0 Å². The Hall–Kier alpha value is -2.18. The van der Waals surface area contributed by atoms with Gasteiger partial charge in [0.25, 0.3) is 0 Å². The van der Waals surface area contributed by atoms with E-state index in [9.17, 15) is 9.59 Å². The average Bonchev–Trinajstić information content (AvgIpc) is 2.36. The smallest absolute Gasteiger partial charge is 0.408 e. The molecule has 0 fully saturated rings. The van der Waals surface area contributed by atoms with E-state index in [1.165, 1.54) is 13.4 Å². The predicted molar refractivity (Wildman–Crippen MR) is 70.9 cm³/mol. The van der Waals surface area contributed by atoms with Crippen molar-refractivity contribution in [2.45, 2.75) is 38.8 Å². The maximum absolute atomic E-state index is 11.7. The number of nitrogens with zero attached hydrogens (tertiary/aromatic N) is 2. The molecule has 0 aromatic carbocycles. The molecule has 7 heteroatoms. The van der Waals surface area contributed by atoms with Crippen LogP contribution in [0.1, 0.15) is 26.3 Å². The SMILES string of the molecule is COC(=O)[C@H](Cc1cncnc1)NC(=O)OC(C)(C)C. The fourth-order valence-electron chi connectivity index (χ4n) is 1.46. The van der Waals surface area contributed by atoms with E-state index in [1.807, 2.05) is 0 Å². The molecule has 0 aliphatic heterocycles. The van der Waals surface area contributed by atoms with Crippen molar-refractivity contribution in [3.05, 3.63) is 24.3 Å². The molecule has 0 bridgehead atoms. The van der Waals surface area contributed by atoms with Crippen LogP contribution in [0.15, 0.2) is 18.7 Å².